The fourth-order valence-electron chi connectivity index (χ4n) is 4.30. The highest BCUT2D eigenvalue weighted by Gasteiger charge is 2.18. The molecule has 35 heavy (non-hydrogen) atoms. The van der Waals surface area contributed by atoms with Gasteiger partial charge >= 0.3 is 0 Å². The number of carbonyl (C=O) groups is 1. The Bertz CT molecular complexity index is 1380. The summed E-state index contributed by atoms with van der Waals surface area (Å²) in [5, 5.41) is 7.11. The summed E-state index contributed by atoms with van der Waals surface area (Å²) in [5.74, 6) is 1.34. The highest BCUT2D eigenvalue weighted by molar-refractivity contribution is 7.98. The Morgan fingerprint density at radius 3 is 2.94 bits per heavy atom. The van der Waals surface area contributed by atoms with Crippen molar-refractivity contribution in [2.75, 3.05) is 31.8 Å². The van der Waals surface area contributed by atoms with E-state index in [1.54, 1.807) is 43.6 Å². The molecule has 0 fully saturated rings. The molecular weight excluding hydrogens is 460 g/mol. The van der Waals surface area contributed by atoms with Crippen LogP contribution in [0.5, 0.6) is 5.88 Å². The molecule has 1 amide bonds. The largest absolute Gasteiger partial charge is 0.477 e. The Morgan fingerprint density at radius 1 is 1.17 bits per heavy atom. The average Bonchev–Trinajstić information content (AvgIpc) is 2.92. The first kappa shape index (κ1) is 23.0. The topological polar surface area (TPSA) is 102 Å². The number of hydrogen-bond acceptors (Lipinski definition) is 8. The van der Waals surface area contributed by atoms with Crippen molar-refractivity contribution in [1.82, 2.24) is 25.3 Å². The third-order valence-electron chi connectivity index (χ3n) is 6.09. The monoisotopic (exact) mass is 486 g/mol. The Morgan fingerprint density at radius 2 is 2.09 bits per heavy atom. The summed E-state index contributed by atoms with van der Waals surface area (Å²) in [7, 11) is 1.64. The predicted molar refractivity (Wildman–Crippen MR) is 139 cm³/mol. The van der Waals surface area contributed by atoms with Crippen molar-refractivity contribution in [3.63, 3.8) is 0 Å². The number of pyridine rings is 2. The summed E-state index contributed by atoms with van der Waals surface area (Å²) < 4.78 is 5.63. The van der Waals surface area contributed by atoms with Crippen molar-refractivity contribution in [2.45, 2.75) is 18.1 Å². The molecule has 178 valence electrons. The maximum atomic E-state index is 12.3. The SMILES string of the molecule is CNC(=O)c1ccnc2c(C(CNc3cc(-c4cnc5c(c4)CCCO5)ncn3)SC)cccc12. The Balaban J connectivity index is 1.38. The van der Waals surface area contributed by atoms with Gasteiger partial charge in [-0.1, -0.05) is 18.2 Å². The zero-order chi connectivity index (χ0) is 24.2. The van der Waals surface area contributed by atoms with Crippen molar-refractivity contribution >= 4 is 34.4 Å². The van der Waals surface area contributed by atoms with Gasteiger partial charge in [0.1, 0.15) is 12.1 Å². The number of carbonyl (C=O) groups excluding carboxylic acids is 1. The number of aromatic nitrogens is 4. The van der Waals surface area contributed by atoms with Gasteiger partial charge in [-0.3, -0.25) is 9.78 Å². The molecule has 8 nitrogen and oxygen atoms in total. The van der Waals surface area contributed by atoms with E-state index in [1.165, 1.54) is 0 Å². The van der Waals surface area contributed by atoms with E-state index in [4.69, 9.17) is 4.74 Å². The molecule has 4 aromatic rings. The van der Waals surface area contributed by atoms with Crippen molar-refractivity contribution in [1.29, 1.82) is 0 Å². The van der Waals surface area contributed by atoms with E-state index < -0.39 is 0 Å². The molecule has 9 heteroatoms. The first-order chi connectivity index (χ1) is 17.2. The summed E-state index contributed by atoms with van der Waals surface area (Å²) in [6.07, 6.45) is 9.08. The maximum Gasteiger partial charge on any atom is 0.251 e. The Labute approximate surface area is 208 Å². The summed E-state index contributed by atoms with van der Waals surface area (Å²) in [5.41, 5.74) is 5.40. The second-order valence-electron chi connectivity index (χ2n) is 8.22. The number of hydrogen-bond donors (Lipinski definition) is 2. The zero-order valence-corrected chi connectivity index (χ0v) is 20.4. The van der Waals surface area contributed by atoms with Gasteiger partial charge in [0.2, 0.25) is 5.88 Å². The summed E-state index contributed by atoms with van der Waals surface area (Å²) in [6.45, 7) is 1.36. The van der Waals surface area contributed by atoms with E-state index in [0.29, 0.717) is 12.1 Å². The number of aryl methyl sites for hydroxylation is 1. The number of ether oxygens (including phenoxy) is 1. The van der Waals surface area contributed by atoms with Crippen LogP contribution in [0.15, 0.2) is 55.1 Å². The van der Waals surface area contributed by atoms with Crippen LogP contribution in [0.2, 0.25) is 0 Å². The lowest BCUT2D eigenvalue weighted by atomic mass is 10.0. The number of para-hydroxylation sites is 1. The van der Waals surface area contributed by atoms with Gasteiger partial charge in [0.15, 0.2) is 0 Å². The number of nitrogens with zero attached hydrogens (tertiary/aromatic N) is 4. The molecule has 4 heterocycles. The van der Waals surface area contributed by atoms with Crippen LogP contribution in [-0.2, 0) is 6.42 Å². The smallest absolute Gasteiger partial charge is 0.251 e. The molecule has 0 saturated carbocycles. The van der Waals surface area contributed by atoms with Crippen LogP contribution in [-0.4, -0.2) is 52.3 Å². The molecule has 0 spiro atoms. The first-order valence-electron chi connectivity index (χ1n) is 11.5. The lowest BCUT2D eigenvalue weighted by molar-refractivity contribution is 0.0964. The Kier molecular flexibility index (Phi) is 6.76. The highest BCUT2D eigenvalue weighted by Crippen LogP contribution is 2.33. The lowest BCUT2D eigenvalue weighted by Gasteiger charge is -2.19. The molecule has 2 N–H and O–H groups in total. The molecule has 0 radical (unpaired) electrons. The van der Waals surface area contributed by atoms with Gasteiger partial charge in [-0.25, -0.2) is 15.0 Å². The second kappa shape index (κ2) is 10.3. The molecule has 1 unspecified atom stereocenters. The first-order valence-corrected chi connectivity index (χ1v) is 12.8. The number of anilines is 1. The lowest BCUT2D eigenvalue weighted by Crippen LogP contribution is -2.18. The minimum Gasteiger partial charge on any atom is -0.477 e. The zero-order valence-electron chi connectivity index (χ0n) is 19.6. The van der Waals surface area contributed by atoms with Gasteiger partial charge < -0.3 is 15.4 Å². The van der Waals surface area contributed by atoms with Gasteiger partial charge in [-0.15, -0.1) is 0 Å². The van der Waals surface area contributed by atoms with Crippen LogP contribution in [0, 0.1) is 0 Å². The van der Waals surface area contributed by atoms with E-state index in [9.17, 15) is 4.79 Å². The van der Waals surface area contributed by atoms with E-state index in [2.05, 4.69) is 49.0 Å². The third kappa shape index (κ3) is 4.77. The normalized spacial score (nSPS) is 13.5. The van der Waals surface area contributed by atoms with Crippen LogP contribution in [0.4, 0.5) is 5.82 Å². The number of amides is 1. The van der Waals surface area contributed by atoms with E-state index in [1.807, 2.05) is 18.2 Å². The van der Waals surface area contributed by atoms with Gasteiger partial charge in [0.05, 0.1) is 23.4 Å². The van der Waals surface area contributed by atoms with E-state index in [-0.39, 0.29) is 11.2 Å². The number of fused-ring (bicyclic) bond motifs is 2. The van der Waals surface area contributed by atoms with Crippen LogP contribution < -0.4 is 15.4 Å². The van der Waals surface area contributed by atoms with Gasteiger partial charge in [0, 0.05) is 53.8 Å². The molecule has 3 aromatic heterocycles. The van der Waals surface area contributed by atoms with Gasteiger partial charge in [-0.05, 0) is 36.8 Å². The minimum absolute atomic E-state index is 0.104. The highest BCUT2D eigenvalue weighted by atomic mass is 32.2. The van der Waals surface area contributed by atoms with Gasteiger partial charge in [0.25, 0.3) is 5.91 Å². The fraction of sp³-hybridized carbons (Fsp3) is 0.269. The number of nitrogens with one attached hydrogen (secondary N) is 2. The number of thioether (sulfide) groups is 1. The molecule has 5 rings (SSSR count). The third-order valence-corrected chi connectivity index (χ3v) is 7.08. The molecule has 0 aliphatic carbocycles. The molecule has 1 aliphatic heterocycles. The molecular formula is C26H26N6O2S. The van der Waals surface area contributed by atoms with Crippen LogP contribution in [0.25, 0.3) is 22.2 Å². The number of rotatable bonds is 7. The molecule has 0 bridgehead atoms. The maximum absolute atomic E-state index is 12.3. The van der Waals surface area contributed by atoms with Crippen molar-refractivity contribution in [3.05, 3.63) is 71.8 Å². The molecule has 0 saturated heterocycles. The van der Waals surface area contributed by atoms with Crippen LogP contribution in [0.1, 0.15) is 33.2 Å². The molecule has 1 aromatic carbocycles. The average molecular weight is 487 g/mol. The molecule has 1 atom stereocenters. The fourth-order valence-corrected chi connectivity index (χ4v) is 4.99. The summed E-state index contributed by atoms with van der Waals surface area (Å²) >= 11 is 1.72. The Hall–Kier alpha value is -3.72. The van der Waals surface area contributed by atoms with Crippen molar-refractivity contribution < 1.29 is 9.53 Å². The van der Waals surface area contributed by atoms with E-state index in [0.717, 1.165) is 64.4 Å². The second-order valence-corrected chi connectivity index (χ2v) is 9.26. The summed E-state index contributed by atoms with van der Waals surface area (Å²) in [4.78, 5) is 30.3. The standard InChI is InChI=1S/C26H26N6O2S/c1-27-25(33)19-8-9-28-24-18(19)6-3-7-20(24)22(35-2)14-29-23-12-21(31-15-32-23)17-11-16-5-4-10-34-26(16)30-13-17/h3,6-9,11-13,15,22H,4-5,10,14H2,1-2H3,(H,27,33)(H,29,31,32). The minimum atomic E-state index is -0.120. The van der Waals surface area contributed by atoms with Crippen LogP contribution in [0.3, 0.4) is 0 Å². The van der Waals surface area contributed by atoms with Crippen molar-refractivity contribution in [2.24, 2.45) is 0 Å². The predicted octanol–water partition coefficient (Wildman–Crippen LogP) is 4.29. The summed E-state index contributed by atoms with van der Waals surface area (Å²) in [6, 6.07) is 11.8. The number of benzene rings is 1. The van der Waals surface area contributed by atoms with Crippen LogP contribution >= 0.6 is 11.8 Å². The van der Waals surface area contributed by atoms with Crippen molar-refractivity contribution in [3.8, 4) is 17.1 Å². The van der Waals surface area contributed by atoms with Gasteiger partial charge in [-0.2, -0.15) is 11.8 Å². The quantitative estimate of drug-likeness (QED) is 0.399. The van der Waals surface area contributed by atoms with E-state index >= 15 is 0 Å². The molecule has 1 aliphatic rings.